The van der Waals surface area contributed by atoms with Crippen molar-refractivity contribution >= 4 is 5.97 Å². The number of hydrogen-bond acceptors (Lipinski definition) is 3. The number of hydrogen-bond donors (Lipinski definition) is 1. The van der Waals surface area contributed by atoms with Gasteiger partial charge in [0.05, 0.1) is 0 Å². The van der Waals surface area contributed by atoms with E-state index in [-0.39, 0.29) is 18.8 Å². The molecule has 1 N–H and O–H groups in total. The van der Waals surface area contributed by atoms with Crippen LogP contribution < -0.4 is 9.47 Å². The SMILES string of the molecule is CC[C@]1(C(=O)O)COc2c(F)ccc(F)c2O1. The second-order valence-corrected chi connectivity index (χ2v) is 3.73. The lowest BCUT2D eigenvalue weighted by molar-refractivity contribution is -0.161. The van der Waals surface area contributed by atoms with Crippen molar-refractivity contribution in [3.8, 4) is 11.5 Å². The third kappa shape index (κ3) is 1.69. The molecule has 1 heterocycles. The van der Waals surface area contributed by atoms with Crippen LogP contribution in [0.4, 0.5) is 8.78 Å². The summed E-state index contributed by atoms with van der Waals surface area (Å²) in [6, 6.07) is 1.77. The van der Waals surface area contributed by atoms with Crippen LogP contribution >= 0.6 is 0 Å². The van der Waals surface area contributed by atoms with Crippen molar-refractivity contribution in [3.63, 3.8) is 0 Å². The van der Waals surface area contributed by atoms with Gasteiger partial charge in [-0.15, -0.1) is 0 Å². The van der Waals surface area contributed by atoms with E-state index in [2.05, 4.69) is 0 Å². The van der Waals surface area contributed by atoms with E-state index in [0.29, 0.717) is 0 Å². The first kappa shape index (κ1) is 11.6. The van der Waals surface area contributed by atoms with E-state index in [1.165, 1.54) is 0 Å². The molecule has 0 radical (unpaired) electrons. The van der Waals surface area contributed by atoms with Crippen LogP contribution in [0, 0.1) is 11.6 Å². The molecule has 0 saturated heterocycles. The van der Waals surface area contributed by atoms with Gasteiger partial charge >= 0.3 is 5.97 Å². The minimum atomic E-state index is -1.67. The second kappa shape index (κ2) is 3.87. The highest BCUT2D eigenvalue weighted by molar-refractivity contribution is 5.78. The van der Waals surface area contributed by atoms with E-state index in [1.54, 1.807) is 6.92 Å². The molecule has 0 bridgehead atoms. The minimum absolute atomic E-state index is 0.0811. The van der Waals surface area contributed by atoms with Crippen LogP contribution in [0.1, 0.15) is 13.3 Å². The summed E-state index contributed by atoms with van der Waals surface area (Å²) in [5.74, 6) is -3.76. The lowest BCUT2D eigenvalue weighted by Gasteiger charge is -2.34. The first-order chi connectivity index (χ1) is 8.00. The van der Waals surface area contributed by atoms with Gasteiger partial charge < -0.3 is 14.6 Å². The van der Waals surface area contributed by atoms with Crippen molar-refractivity contribution in [1.29, 1.82) is 0 Å². The Morgan fingerprint density at radius 3 is 2.53 bits per heavy atom. The highest BCUT2D eigenvalue weighted by atomic mass is 19.1. The van der Waals surface area contributed by atoms with E-state index in [4.69, 9.17) is 14.6 Å². The molecule has 1 aromatic rings. The number of carbonyl (C=O) groups is 1. The fraction of sp³-hybridized carbons (Fsp3) is 0.364. The Morgan fingerprint density at radius 2 is 2.00 bits per heavy atom. The van der Waals surface area contributed by atoms with Gasteiger partial charge in [0.15, 0.2) is 17.4 Å². The average Bonchev–Trinajstić information content (AvgIpc) is 2.33. The molecular weight excluding hydrogens is 234 g/mol. The monoisotopic (exact) mass is 244 g/mol. The van der Waals surface area contributed by atoms with Crippen LogP contribution in [0.3, 0.4) is 0 Å². The van der Waals surface area contributed by atoms with E-state index < -0.39 is 29.0 Å². The second-order valence-electron chi connectivity index (χ2n) is 3.73. The third-order valence-electron chi connectivity index (χ3n) is 2.72. The summed E-state index contributed by atoms with van der Waals surface area (Å²) in [7, 11) is 0. The van der Waals surface area contributed by atoms with Crippen LogP contribution in [-0.4, -0.2) is 23.3 Å². The lowest BCUT2D eigenvalue weighted by atomic mass is 10.0. The summed E-state index contributed by atoms with van der Waals surface area (Å²) in [4.78, 5) is 11.1. The third-order valence-corrected chi connectivity index (χ3v) is 2.72. The fourth-order valence-corrected chi connectivity index (χ4v) is 1.59. The van der Waals surface area contributed by atoms with E-state index in [1.807, 2.05) is 0 Å². The number of benzene rings is 1. The number of carboxylic acids is 1. The maximum atomic E-state index is 13.4. The summed E-state index contributed by atoms with van der Waals surface area (Å²) < 4.78 is 36.8. The Bertz CT molecular complexity index is 475. The van der Waals surface area contributed by atoms with Crippen LogP contribution in [0.5, 0.6) is 11.5 Å². The molecule has 17 heavy (non-hydrogen) atoms. The number of fused-ring (bicyclic) bond motifs is 1. The van der Waals surface area contributed by atoms with Crippen molar-refractivity contribution < 1.29 is 28.2 Å². The van der Waals surface area contributed by atoms with Crippen molar-refractivity contribution in [3.05, 3.63) is 23.8 Å². The van der Waals surface area contributed by atoms with Gasteiger partial charge in [0.2, 0.25) is 11.4 Å². The molecule has 2 rings (SSSR count). The maximum Gasteiger partial charge on any atom is 0.351 e. The lowest BCUT2D eigenvalue weighted by Crippen LogP contribution is -2.51. The Morgan fingerprint density at radius 1 is 1.41 bits per heavy atom. The standard InChI is InChI=1S/C11H10F2O4/c1-2-11(10(14)15)5-16-8-6(12)3-4-7(13)9(8)17-11/h3-4H,2,5H2,1H3,(H,14,15)/t11-/m1/s1. The zero-order valence-electron chi connectivity index (χ0n) is 9.00. The summed E-state index contributed by atoms with van der Waals surface area (Å²) in [5, 5.41) is 9.05. The van der Waals surface area contributed by atoms with E-state index in [0.717, 1.165) is 12.1 Å². The van der Waals surface area contributed by atoms with Crippen molar-refractivity contribution in [2.75, 3.05) is 6.61 Å². The highest BCUT2D eigenvalue weighted by Gasteiger charge is 2.45. The largest absolute Gasteiger partial charge is 0.482 e. The molecule has 92 valence electrons. The molecule has 0 amide bonds. The van der Waals surface area contributed by atoms with Gasteiger partial charge in [0.25, 0.3) is 0 Å². The van der Waals surface area contributed by atoms with Gasteiger partial charge in [-0.25, -0.2) is 13.6 Å². The van der Waals surface area contributed by atoms with E-state index >= 15 is 0 Å². The minimum Gasteiger partial charge on any atom is -0.482 e. The molecule has 1 atom stereocenters. The van der Waals surface area contributed by atoms with E-state index in [9.17, 15) is 13.6 Å². The summed E-state index contributed by atoms with van der Waals surface area (Å²) in [5.41, 5.74) is -1.67. The summed E-state index contributed by atoms with van der Waals surface area (Å²) in [6.45, 7) is 1.21. The number of carboxylic acid groups (broad SMARTS) is 1. The maximum absolute atomic E-state index is 13.4. The van der Waals surface area contributed by atoms with Crippen LogP contribution in [0.2, 0.25) is 0 Å². The molecule has 0 saturated carbocycles. The van der Waals surface area contributed by atoms with Crippen LogP contribution in [-0.2, 0) is 4.79 Å². The Hall–Kier alpha value is -1.85. The zero-order valence-corrected chi connectivity index (χ0v) is 9.00. The van der Waals surface area contributed by atoms with Crippen LogP contribution in [0.25, 0.3) is 0 Å². The summed E-state index contributed by atoms with van der Waals surface area (Å²) in [6.07, 6.45) is 0.0811. The van der Waals surface area contributed by atoms with Gasteiger partial charge in [-0.1, -0.05) is 6.92 Å². The van der Waals surface area contributed by atoms with Gasteiger partial charge in [0, 0.05) is 0 Å². The molecule has 0 fully saturated rings. The van der Waals surface area contributed by atoms with Gasteiger partial charge in [-0.3, -0.25) is 0 Å². The van der Waals surface area contributed by atoms with Crippen LogP contribution in [0.15, 0.2) is 12.1 Å². The van der Waals surface area contributed by atoms with Gasteiger partial charge in [-0.05, 0) is 18.6 Å². The Kier molecular flexibility index (Phi) is 2.65. The summed E-state index contributed by atoms with van der Waals surface area (Å²) >= 11 is 0. The number of rotatable bonds is 2. The molecule has 0 spiro atoms. The first-order valence-electron chi connectivity index (χ1n) is 5.03. The molecule has 4 nitrogen and oxygen atoms in total. The molecule has 1 aliphatic heterocycles. The highest BCUT2D eigenvalue weighted by Crippen LogP contribution is 2.40. The molecule has 1 aromatic carbocycles. The fourth-order valence-electron chi connectivity index (χ4n) is 1.59. The molecule has 0 aromatic heterocycles. The number of ether oxygens (including phenoxy) is 2. The number of aliphatic carboxylic acids is 1. The van der Waals surface area contributed by atoms with Crippen molar-refractivity contribution in [2.45, 2.75) is 18.9 Å². The van der Waals surface area contributed by atoms with Crippen molar-refractivity contribution in [1.82, 2.24) is 0 Å². The molecule has 6 heteroatoms. The van der Waals surface area contributed by atoms with Crippen molar-refractivity contribution in [2.24, 2.45) is 0 Å². The zero-order chi connectivity index (χ0) is 12.6. The normalized spacial score (nSPS) is 22.3. The van der Waals surface area contributed by atoms with Gasteiger partial charge in [0.1, 0.15) is 6.61 Å². The average molecular weight is 244 g/mol. The number of halogens is 2. The smallest absolute Gasteiger partial charge is 0.351 e. The molecule has 0 unspecified atom stereocenters. The molecular formula is C11H10F2O4. The molecule has 1 aliphatic rings. The first-order valence-corrected chi connectivity index (χ1v) is 5.03. The Labute approximate surface area is 95.8 Å². The quantitative estimate of drug-likeness (QED) is 0.864. The predicted octanol–water partition coefficient (Wildman–Crippen LogP) is 1.97. The molecule has 0 aliphatic carbocycles. The predicted molar refractivity (Wildman–Crippen MR) is 53.1 cm³/mol. The van der Waals surface area contributed by atoms with Gasteiger partial charge in [-0.2, -0.15) is 0 Å². The Balaban J connectivity index is 2.48. The topological polar surface area (TPSA) is 55.8 Å².